The molecular weight excluding hydrogens is 266 g/mol. The van der Waals surface area contributed by atoms with Gasteiger partial charge in [0.1, 0.15) is 0 Å². The van der Waals surface area contributed by atoms with Crippen molar-refractivity contribution in [3.63, 3.8) is 0 Å². The Hall–Kier alpha value is -1.59. The van der Waals surface area contributed by atoms with Crippen molar-refractivity contribution in [3.8, 4) is 0 Å². The lowest BCUT2D eigenvalue weighted by Gasteiger charge is -2.29. The first-order valence-corrected chi connectivity index (χ1v) is 7.78. The number of carbonyl (C=O) groups excluding carboxylic acids is 1. The van der Waals surface area contributed by atoms with Crippen LogP contribution in [0.3, 0.4) is 0 Å². The number of hydrogen-bond acceptors (Lipinski definition) is 4. The van der Waals surface area contributed by atoms with Gasteiger partial charge in [0.15, 0.2) is 0 Å². The van der Waals surface area contributed by atoms with E-state index in [1.54, 1.807) is 0 Å². The van der Waals surface area contributed by atoms with Gasteiger partial charge < -0.3 is 19.9 Å². The van der Waals surface area contributed by atoms with Crippen molar-refractivity contribution in [2.45, 2.75) is 18.5 Å². The van der Waals surface area contributed by atoms with E-state index in [-0.39, 0.29) is 5.91 Å². The number of carbonyl (C=O) groups is 1. The highest BCUT2D eigenvalue weighted by atomic mass is 16.5. The minimum atomic E-state index is 0.178. The molecule has 0 saturated carbocycles. The van der Waals surface area contributed by atoms with E-state index >= 15 is 0 Å². The van der Waals surface area contributed by atoms with E-state index in [0.717, 1.165) is 51.4 Å². The summed E-state index contributed by atoms with van der Waals surface area (Å²) in [7, 11) is 0. The van der Waals surface area contributed by atoms with Crippen molar-refractivity contribution < 1.29 is 9.53 Å². The number of fused-ring (bicyclic) bond motifs is 2. The smallest absolute Gasteiger partial charge is 0.254 e. The van der Waals surface area contributed by atoms with E-state index in [4.69, 9.17) is 4.74 Å². The van der Waals surface area contributed by atoms with Crippen LogP contribution in [-0.2, 0) is 4.74 Å². The molecule has 0 unspecified atom stereocenters. The summed E-state index contributed by atoms with van der Waals surface area (Å²) in [6, 6.07) is 8.95. The molecule has 1 aromatic rings. The van der Waals surface area contributed by atoms with Crippen molar-refractivity contribution in [2.24, 2.45) is 0 Å². The molecule has 3 fully saturated rings. The van der Waals surface area contributed by atoms with Crippen molar-refractivity contribution in [3.05, 3.63) is 29.8 Å². The molecule has 0 radical (unpaired) electrons. The van der Waals surface area contributed by atoms with Crippen LogP contribution < -0.4 is 10.2 Å². The van der Waals surface area contributed by atoms with Crippen LogP contribution in [0.2, 0.25) is 0 Å². The van der Waals surface area contributed by atoms with Crippen molar-refractivity contribution >= 4 is 11.6 Å². The normalized spacial score (nSPS) is 28.2. The van der Waals surface area contributed by atoms with Crippen LogP contribution >= 0.6 is 0 Å². The summed E-state index contributed by atoms with van der Waals surface area (Å²) in [6.45, 7) is 5.22. The maximum atomic E-state index is 12.6. The van der Waals surface area contributed by atoms with Crippen LogP contribution in [0.5, 0.6) is 0 Å². The topological polar surface area (TPSA) is 44.8 Å². The number of morpholine rings is 1. The number of rotatable bonds is 2. The minimum absolute atomic E-state index is 0.178. The molecule has 0 spiro atoms. The van der Waals surface area contributed by atoms with Crippen LogP contribution in [0.1, 0.15) is 16.8 Å². The average molecular weight is 287 g/mol. The summed E-state index contributed by atoms with van der Waals surface area (Å²) in [4.78, 5) is 16.9. The van der Waals surface area contributed by atoms with E-state index in [1.165, 1.54) is 5.69 Å². The van der Waals surface area contributed by atoms with Crippen LogP contribution in [0, 0.1) is 0 Å². The maximum absolute atomic E-state index is 12.6. The Morgan fingerprint density at radius 1 is 1.19 bits per heavy atom. The summed E-state index contributed by atoms with van der Waals surface area (Å²) < 4.78 is 5.37. The molecule has 5 nitrogen and oxygen atoms in total. The first-order valence-electron chi connectivity index (χ1n) is 7.78. The van der Waals surface area contributed by atoms with Crippen LogP contribution in [0.25, 0.3) is 0 Å². The number of benzene rings is 1. The van der Waals surface area contributed by atoms with Crippen LogP contribution in [0.4, 0.5) is 5.69 Å². The van der Waals surface area contributed by atoms with Gasteiger partial charge >= 0.3 is 0 Å². The molecule has 1 aromatic carbocycles. The Kier molecular flexibility index (Phi) is 3.31. The Morgan fingerprint density at radius 2 is 1.95 bits per heavy atom. The molecule has 3 saturated heterocycles. The predicted octanol–water partition coefficient (Wildman–Crippen LogP) is 0.710. The molecule has 5 heteroatoms. The van der Waals surface area contributed by atoms with Gasteiger partial charge in [0.2, 0.25) is 0 Å². The predicted molar refractivity (Wildman–Crippen MR) is 80.7 cm³/mol. The second-order valence-corrected chi connectivity index (χ2v) is 6.10. The van der Waals surface area contributed by atoms with Crippen molar-refractivity contribution in [2.75, 3.05) is 44.3 Å². The second kappa shape index (κ2) is 5.31. The Morgan fingerprint density at radius 3 is 2.57 bits per heavy atom. The van der Waals surface area contributed by atoms with Gasteiger partial charge in [0, 0.05) is 49.5 Å². The van der Waals surface area contributed by atoms with E-state index < -0.39 is 0 Å². The third-order valence-electron chi connectivity index (χ3n) is 4.81. The van der Waals surface area contributed by atoms with Gasteiger partial charge in [-0.15, -0.1) is 0 Å². The molecule has 0 aromatic heterocycles. The van der Waals surface area contributed by atoms with Crippen molar-refractivity contribution in [1.82, 2.24) is 10.2 Å². The molecule has 1 amide bonds. The van der Waals surface area contributed by atoms with Crippen molar-refractivity contribution in [1.29, 1.82) is 0 Å². The summed E-state index contributed by atoms with van der Waals surface area (Å²) in [5.41, 5.74) is 1.99. The zero-order valence-corrected chi connectivity index (χ0v) is 12.1. The fourth-order valence-corrected chi connectivity index (χ4v) is 3.61. The molecule has 2 atom stereocenters. The molecule has 21 heavy (non-hydrogen) atoms. The Labute approximate surface area is 124 Å². The number of nitrogens with zero attached hydrogens (tertiary/aromatic N) is 2. The highest BCUT2D eigenvalue weighted by Crippen LogP contribution is 2.26. The van der Waals surface area contributed by atoms with Gasteiger partial charge in [-0.1, -0.05) is 0 Å². The Bertz CT molecular complexity index is 525. The number of nitrogens with one attached hydrogen (secondary N) is 1. The lowest BCUT2D eigenvalue weighted by Crippen LogP contribution is -2.46. The molecular formula is C16H21N3O2. The molecule has 1 N–H and O–H groups in total. The van der Waals surface area contributed by atoms with E-state index in [1.807, 2.05) is 17.0 Å². The summed E-state index contributed by atoms with van der Waals surface area (Å²) >= 11 is 0. The molecule has 3 aliphatic rings. The summed E-state index contributed by atoms with van der Waals surface area (Å²) in [5, 5.41) is 3.43. The zero-order chi connectivity index (χ0) is 14.2. The average Bonchev–Trinajstić information content (AvgIpc) is 3.18. The van der Waals surface area contributed by atoms with Gasteiger partial charge in [0.05, 0.1) is 13.2 Å². The highest BCUT2D eigenvalue weighted by molar-refractivity contribution is 5.95. The minimum Gasteiger partial charge on any atom is -0.378 e. The van der Waals surface area contributed by atoms with E-state index in [9.17, 15) is 4.79 Å². The quantitative estimate of drug-likeness (QED) is 0.870. The van der Waals surface area contributed by atoms with Gasteiger partial charge in [0.25, 0.3) is 5.91 Å². The molecule has 3 heterocycles. The van der Waals surface area contributed by atoms with E-state index in [0.29, 0.717) is 12.1 Å². The first kappa shape index (κ1) is 13.1. The fourth-order valence-electron chi connectivity index (χ4n) is 3.61. The number of piperazine rings is 1. The number of ether oxygens (including phenoxy) is 1. The summed E-state index contributed by atoms with van der Waals surface area (Å²) in [5.74, 6) is 0.178. The van der Waals surface area contributed by atoms with Gasteiger partial charge in [-0.05, 0) is 30.7 Å². The number of amides is 1. The number of anilines is 1. The van der Waals surface area contributed by atoms with Gasteiger partial charge in [-0.25, -0.2) is 0 Å². The van der Waals surface area contributed by atoms with Gasteiger partial charge in [-0.3, -0.25) is 4.79 Å². The number of hydrogen-bond donors (Lipinski definition) is 1. The molecule has 2 bridgehead atoms. The van der Waals surface area contributed by atoms with Crippen LogP contribution in [-0.4, -0.2) is 62.3 Å². The largest absolute Gasteiger partial charge is 0.378 e. The zero-order valence-electron chi connectivity index (χ0n) is 12.1. The first-order chi connectivity index (χ1) is 10.3. The third kappa shape index (κ3) is 2.40. The SMILES string of the molecule is O=C(c1ccc(N2CCOCC2)cc1)N1C[C@@H]2C[C@H]1CN2. The second-order valence-electron chi connectivity index (χ2n) is 6.10. The summed E-state index contributed by atoms with van der Waals surface area (Å²) in [6.07, 6.45) is 1.11. The molecule has 3 aliphatic heterocycles. The Balaban J connectivity index is 1.47. The molecule has 4 rings (SSSR count). The van der Waals surface area contributed by atoms with Gasteiger partial charge in [-0.2, -0.15) is 0 Å². The maximum Gasteiger partial charge on any atom is 0.254 e. The molecule has 112 valence electrons. The lowest BCUT2D eigenvalue weighted by atomic mass is 10.1. The third-order valence-corrected chi connectivity index (χ3v) is 4.81. The fraction of sp³-hybridized carbons (Fsp3) is 0.562. The molecule has 0 aliphatic carbocycles. The highest BCUT2D eigenvalue weighted by Gasteiger charge is 2.40. The lowest BCUT2D eigenvalue weighted by molar-refractivity contribution is 0.0716. The van der Waals surface area contributed by atoms with E-state index in [2.05, 4.69) is 22.3 Å². The standard InChI is InChI=1S/C16H21N3O2/c20-16(19-11-13-9-15(19)10-17-13)12-1-3-14(4-2-12)18-5-7-21-8-6-18/h1-4,13,15,17H,5-11H2/t13-,15-/m0/s1. The monoisotopic (exact) mass is 287 g/mol. The number of likely N-dealkylation sites (tertiary alicyclic amines) is 1. The van der Waals surface area contributed by atoms with Crippen LogP contribution in [0.15, 0.2) is 24.3 Å².